The molecule has 0 fully saturated rings. The van der Waals surface area contributed by atoms with E-state index in [0.717, 1.165) is 11.1 Å². The molecule has 0 unspecified atom stereocenters. The highest BCUT2D eigenvalue weighted by Crippen LogP contribution is 2.36. The third-order valence-electron chi connectivity index (χ3n) is 3.33. The van der Waals surface area contributed by atoms with Gasteiger partial charge in [-0.25, -0.2) is 0 Å². The Morgan fingerprint density at radius 2 is 1.77 bits per heavy atom. The Morgan fingerprint density at radius 1 is 1.12 bits per heavy atom. The number of ether oxygens (including phenoxy) is 1. The minimum atomic E-state index is -4.78. The van der Waals surface area contributed by atoms with Gasteiger partial charge >= 0.3 is 6.36 Å². The van der Waals surface area contributed by atoms with Gasteiger partial charge in [0.1, 0.15) is 5.75 Å². The lowest BCUT2D eigenvalue weighted by molar-refractivity contribution is -0.274. The molecule has 1 amide bonds. The van der Waals surface area contributed by atoms with Crippen molar-refractivity contribution in [2.75, 3.05) is 19.4 Å². The number of benzene rings is 2. The molecule has 8 heteroatoms. The lowest BCUT2D eigenvalue weighted by atomic mass is 9.97. The van der Waals surface area contributed by atoms with Gasteiger partial charge in [-0.05, 0) is 43.4 Å². The number of anilines is 1. The molecular formula is C18H20ClF3N2O2. The van der Waals surface area contributed by atoms with Crippen molar-refractivity contribution in [3.63, 3.8) is 0 Å². The van der Waals surface area contributed by atoms with Gasteiger partial charge in [0, 0.05) is 24.7 Å². The van der Waals surface area contributed by atoms with Crippen LogP contribution in [0.25, 0.3) is 11.1 Å². The molecule has 26 heavy (non-hydrogen) atoms. The number of nitrogens with one attached hydrogen (secondary N) is 1. The number of carbonyl (C=O) groups is 1. The van der Waals surface area contributed by atoms with Gasteiger partial charge < -0.3 is 15.0 Å². The lowest BCUT2D eigenvalue weighted by Crippen LogP contribution is -2.17. The van der Waals surface area contributed by atoms with Gasteiger partial charge in [-0.3, -0.25) is 4.79 Å². The fourth-order valence-corrected chi connectivity index (χ4v) is 2.50. The first-order valence-electron chi connectivity index (χ1n) is 7.56. The molecule has 0 bridgehead atoms. The monoisotopic (exact) mass is 388 g/mol. The van der Waals surface area contributed by atoms with Crippen LogP contribution in [0, 0.1) is 0 Å². The Bertz CT molecular complexity index is 764. The van der Waals surface area contributed by atoms with Crippen LogP contribution in [0.3, 0.4) is 0 Å². The molecule has 0 atom stereocenters. The summed E-state index contributed by atoms with van der Waals surface area (Å²) in [5, 5.41) is 2.65. The van der Waals surface area contributed by atoms with E-state index in [1.165, 1.54) is 25.1 Å². The van der Waals surface area contributed by atoms with Crippen LogP contribution in [-0.4, -0.2) is 31.3 Å². The molecule has 0 aliphatic rings. The van der Waals surface area contributed by atoms with E-state index in [2.05, 4.69) is 10.1 Å². The molecule has 0 aromatic heterocycles. The van der Waals surface area contributed by atoms with Crippen LogP contribution < -0.4 is 10.1 Å². The maximum Gasteiger partial charge on any atom is 0.573 e. The highest BCUT2D eigenvalue weighted by atomic mass is 35.5. The zero-order chi connectivity index (χ0) is 18.6. The summed E-state index contributed by atoms with van der Waals surface area (Å²) in [5.74, 6) is -0.646. The number of hydrogen-bond acceptors (Lipinski definition) is 3. The van der Waals surface area contributed by atoms with Crippen molar-refractivity contribution in [1.29, 1.82) is 0 Å². The van der Waals surface area contributed by atoms with E-state index in [-0.39, 0.29) is 24.1 Å². The summed E-state index contributed by atoms with van der Waals surface area (Å²) in [6.45, 7) is 1.94. The van der Waals surface area contributed by atoms with E-state index in [1.807, 2.05) is 31.1 Å². The number of hydrogen-bond donors (Lipinski definition) is 1. The summed E-state index contributed by atoms with van der Waals surface area (Å²) in [7, 11) is 3.80. The molecule has 0 heterocycles. The summed E-state index contributed by atoms with van der Waals surface area (Å²) in [5.41, 5.74) is 2.54. The van der Waals surface area contributed by atoms with Crippen LogP contribution in [0.15, 0.2) is 42.5 Å². The summed E-state index contributed by atoms with van der Waals surface area (Å²) >= 11 is 0. The summed E-state index contributed by atoms with van der Waals surface area (Å²) < 4.78 is 41.6. The topological polar surface area (TPSA) is 41.6 Å². The highest BCUT2D eigenvalue weighted by molar-refractivity contribution is 5.94. The van der Waals surface area contributed by atoms with Crippen LogP contribution in [-0.2, 0) is 11.3 Å². The van der Waals surface area contributed by atoms with Crippen molar-refractivity contribution in [2.24, 2.45) is 0 Å². The predicted octanol–water partition coefficient (Wildman–Crippen LogP) is 4.69. The first-order valence-corrected chi connectivity index (χ1v) is 7.56. The van der Waals surface area contributed by atoms with Gasteiger partial charge in [-0.2, -0.15) is 0 Å². The Balaban J connectivity index is 0.00000338. The molecule has 0 saturated heterocycles. The number of rotatable bonds is 5. The van der Waals surface area contributed by atoms with Gasteiger partial charge in [0.2, 0.25) is 5.91 Å². The van der Waals surface area contributed by atoms with Crippen molar-refractivity contribution < 1.29 is 22.7 Å². The first kappa shape index (κ1) is 21.8. The molecule has 142 valence electrons. The lowest BCUT2D eigenvalue weighted by Gasteiger charge is -2.18. The zero-order valence-electron chi connectivity index (χ0n) is 14.6. The molecule has 4 nitrogen and oxygen atoms in total. The van der Waals surface area contributed by atoms with Crippen molar-refractivity contribution in [2.45, 2.75) is 19.8 Å². The van der Waals surface area contributed by atoms with Crippen molar-refractivity contribution in [3.8, 4) is 16.9 Å². The molecule has 2 aromatic rings. The second-order valence-electron chi connectivity index (χ2n) is 5.83. The summed E-state index contributed by atoms with van der Waals surface area (Å²) in [6.07, 6.45) is -4.78. The van der Waals surface area contributed by atoms with E-state index >= 15 is 0 Å². The Kier molecular flexibility index (Phi) is 7.47. The molecule has 0 spiro atoms. The summed E-state index contributed by atoms with van der Waals surface area (Å²) in [4.78, 5) is 13.4. The highest BCUT2D eigenvalue weighted by Gasteiger charge is 2.31. The van der Waals surface area contributed by atoms with Crippen LogP contribution in [0.2, 0.25) is 0 Å². The van der Waals surface area contributed by atoms with Gasteiger partial charge in [0.05, 0.1) is 0 Å². The van der Waals surface area contributed by atoms with Gasteiger partial charge in [0.25, 0.3) is 0 Å². The van der Waals surface area contributed by atoms with Crippen LogP contribution in [0.4, 0.5) is 18.9 Å². The average Bonchev–Trinajstić information content (AvgIpc) is 2.47. The van der Waals surface area contributed by atoms with Crippen LogP contribution >= 0.6 is 12.4 Å². The van der Waals surface area contributed by atoms with Crippen LogP contribution in [0.1, 0.15) is 12.5 Å². The predicted molar refractivity (Wildman–Crippen MR) is 97.5 cm³/mol. The Morgan fingerprint density at radius 3 is 2.35 bits per heavy atom. The fourth-order valence-electron chi connectivity index (χ4n) is 2.50. The molecule has 2 rings (SSSR count). The largest absolute Gasteiger partial charge is 0.573 e. The van der Waals surface area contributed by atoms with Crippen molar-refractivity contribution >= 4 is 24.0 Å². The number of amides is 1. The van der Waals surface area contributed by atoms with Crippen molar-refractivity contribution in [3.05, 3.63) is 48.0 Å². The molecule has 1 N–H and O–H groups in total. The first-order chi connectivity index (χ1) is 11.7. The molecule has 0 radical (unpaired) electrons. The number of carbonyl (C=O) groups excluding carboxylic acids is 1. The molecule has 0 aliphatic heterocycles. The maximum atomic E-state index is 12.5. The zero-order valence-corrected chi connectivity index (χ0v) is 15.4. The molecular weight excluding hydrogens is 369 g/mol. The Labute approximate surface area is 156 Å². The average molecular weight is 389 g/mol. The summed E-state index contributed by atoms with van der Waals surface area (Å²) in [6, 6.07) is 11.2. The number of nitrogens with zero attached hydrogens (tertiary/aromatic N) is 1. The van der Waals surface area contributed by atoms with Gasteiger partial charge in [-0.15, -0.1) is 25.6 Å². The SMILES string of the molecule is CC(=O)Nc1ccc(OC(F)(F)F)cc1-c1ccccc1CN(C)C.Cl. The second kappa shape index (κ2) is 8.91. The van der Waals surface area contributed by atoms with E-state index in [1.54, 1.807) is 12.1 Å². The second-order valence-corrected chi connectivity index (χ2v) is 5.83. The molecule has 2 aromatic carbocycles. The van der Waals surface area contributed by atoms with E-state index in [4.69, 9.17) is 0 Å². The Hall–Kier alpha value is -2.25. The van der Waals surface area contributed by atoms with Crippen molar-refractivity contribution in [1.82, 2.24) is 4.90 Å². The molecule has 0 saturated carbocycles. The minimum absolute atomic E-state index is 0. The fraction of sp³-hybridized carbons (Fsp3) is 0.278. The smallest absolute Gasteiger partial charge is 0.406 e. The normalized spacial score (nSPS) is 11.0. The van der Waals surface area contributed by atoms with E-state index in [0.29, 0.717) is 17.8 Å². The van der Waals surface area contributed by atoms with Crippen LogP contribution in [0.5, 0.6) is 5.75 Å². The number of halogens is 4. The van der Waals surface area contributed by atoms with Gasteiger partial charge in [0.15, 0.2) is 0 Å². The maximum absolute atomic E-state index is 12.5. The third-order valence-corrected chi connectivity index (χ3v) is 3.33. The quantitative estimate of drug-likeness (QED) is 0.807. The van der Waals surface area contributed by atoms with Gasteiger partial charge in [-0.1, -0.05) is 24.3 Å². The molecule has 0 aliphatic carbocycles. The minimum Gasteiger partial charge on any atom is -0.406 e. The van der Waals surface area contributed by atoms with E-state index < -0.39 is 6.36 Å². The third kappa shape index (κ3) is 6.24. The van der Waals surface area contributed by atoms with E-state index in [9.17, 15) is 18.0 Å². The standard InChI is InChI=1S/C18H19F3N2O2.ClH/c1-12(24)22-17-9-8-14(25-18(19,20)21)10-16(17)15-7-5-4-6-13(15)11-23(2)3;/h4-10H,11H2,1-3H3,(H,22,24);1H. The number of alkyl halides is 3.